The van der Waals surface area contributed by atoms with Gasteiger partial charge in [-0.15, -0.1) is 0 Å². The number of methoxy groups -OCH3 is 1. The second-order valence-electron chi connectivity index (χ2n) is 7.90. The van der Waals surface area contributed by atoms with Crippen LogP contribution < -0.4 is 4.74 Å². The first-order chi connectivity index (χ1) is 15.1. The summed E-state index contributed by atoms with van der Waals surface area (Å²) in [5.41, 5.74) is 7.69. The lowest BCUT2D eigenvalue weighted by molar-refractivity contribution is -0.131. The fourth-order valence-corrected chi connectivity index (χ4v) is 4.48. The van der Waals surface area contributed by atoms with Crippen molar-refractivity contribution in [2.75, 3.05) is 13.7 Å². The first kappa shape index (κ1) is 19.8. The monoisotopic (exact) mass is 431 g/mol. The number of amides is 1. The van der Waals surface area contributed by atoms with Crippen molar-refractivity contribution in [3.05, 3.63) is 93.1 Å². The summed E-state index contributed by atoms with van der Waals surface area (Å²) in [7, 11) is 1.61. The van der Waals surface area contributed by atoms with Gasteiger partial charge in [0.25, 0.3) is 0 Å². The third kappa shape index (κ3) is 3.93. The largest absolute Gasteiger partial charge is 0.481 e. The van der Waals surface area contributed by atoms with Gasteiger partial charge in [-0.2, -0.15) is 0 Å². The Hall–Kier alpha value is -3.18. The van der Waals surface area contributed by atoms with Crippen molar-refractivity contribution in [1.82, 2.24) is 9.88 Å². The van der Waals surface area contributed by atoms with Gasteiger partial charge in [-0.1, -0.05) is 29.8 Å². The number of carbonyl (C=O) groups excluding carboxylic acids is 1. The second kappa shape index (κ2) is 8.16. The Morgan fingerprint density at radius 3 is 2.77 bits per heavy atom. The van der Waals surface area contributed by atoms with E-state index in [0.717, 1.165) is 39.4 Å². The number of carbonyl (C=O) groups is 1. The highest BCUT2D eigenvalue weighted by Gasteiger charge is 2.27. The summed E-state index contributed by atoms with van der Waals surface area (Å²) in [6, 6.07) is 16.0. The fraction of sp³-hybridized carbons (Fsp3) is 0.240. The quantitative estimate of drug-likeness (QED) is 0.607. The molecule has 0 aliphatic carbocycles. The van der Waals surface area contributed by atoms with Crippen LogP contribution in [-0.2, 0) is 30.7 Å². The molecule has 156 valence electrons. The van der Waals surface area contributed by atoms with Crippen LogP contribution in [0.2, 0.25) is 5.02 Å². The molecule has 3 heterocycles. The number of nitrogens with zero attached hydrogens (tertiary/aromatic N) is 3. The molecule has 6 heteroatoms. The minimum atomic E-state index is 0.174. The molecule has 0 fully saturated rings. The number of halogens is 1. The number of hydrogen-bond acceptors (Lipinski definition) is 4. The van der Waals surface area contributed by atoms with Crippen LogP contribution >= 0.6 is 11.6 Å². The lowest BCUT2D eigenvalue weighted by atomic mass is 9.91. The topological polar surface area (TPSA) is 54.8 Å². The maximum Gasteiger partial charge on any atom is 0.227 e. The van der Waals surface area contributed by atoms with Gasteiger partial charge >= 0.3 is 0 Å². The molecule has 1 amide bonds. The number of aromatic nitrogens is 1. The van der Waals surface area contributed by atoms with Crippen molar-refractivity contribution in [2.45, 2.75) is 25.9 Å². The first-order valence-electron chi connectivity index (χ1n) is 10.3. The summed E-state index contributed by atoms with van der Waals surface area (Å²) in [5.74, 6) is 0.759. The Balaban J connectivity index is 1.37. The van der Waals surface area contributed by atoms with Gasteiger partial charge in [0.2, 0.25) is 11.8 Å². The molecule has 0 radical (unpaired) electrons. The fourth-order valence-electron chi connectivity index (χ4n) is 4.27. The van der Waals surface area contributed by atoms with Gasteiger partial charge in [-0.25, -0.2) is 4.98 Å². The van der Waals surface area contributed by atoms with E-state index in [1.54, 1.807) is 13.3 Å². The third-order valence-corrected chi connectivity index (χ3v) is 6.16. The molecule has 2 aliphatic heterocycles. The number of rotatable bonds is 5. The van der Waals surface area contributed by atoms with E-state index in [9.17, 15) is 4.79 Å². The predicted octanol–water partition coefficient (Wildman–Crippen LogP) is 4.22. The molecule has 5 nitrogen and oxygen atoms in total. The van der Waals surface area contributed by atoms with Crippen LogP contribution in [0.3, 0.4) is 0 Å². The van der Waals surface area contributed by atoms with E-state index in [4.69, 9.17) is 21.3 Å². The van der Waals surface area contributed by atoms with E-state index in [0.29, 0.717) is 31.9 Å². The highest BCUT2D eigenvalue weighted by Crippen LogP contribution is 2.30. The van der Waals surface area contributed by atoms with Crippen LogP contribution in [-0.4, -0.2) is 35.2 Å². The SMILES string of the molecule is COc1ccc(C2=NCc3cc4c(cc32)CN(CCc2cccc(Cl)c2)C(=O)C4)cn1. The third-order valence-electron chi connectivity index (χ3n) is 5.92. The van der Waals surface area contributed by atoms with Crippen LogP contribution in [0.4, 0.5) is 0 Å². The highest BCUT2D eigenvalue weighted by atomic mass is 35.5. The average Bonchev–Trinajstić information content (AvgIpc) is 3.19. The smallest absolute Gasteiger partial charge is 0.227 e. The Morgan fingerprint density at radius 1 is 1.10 bits per heavy atom. The van der Waals surface area contributed by atoms with E-state index in [1.165, 1.54) is 11.1 Å². The van der Waals surface area contributed by atoms with Gasteiger partial charge < -0.3 is 9.64 Å². The maximum atomic E-state index is 12.7. The summed E-state index contributed by atoms with van der Waals surface area (Å²) in [4.78, 5) is 23.7. The van der Waals surface area contributed by atoms with Crippen LogP contribution in [0, 0.1) is 0 Å². The number of pyridine rings is 1. The Labute approximate surface area is 186 Å². The van der Waals surface area contributed by atoms with Crippen LogP contribution in [0.15, 0.2) is 59.7 Å². The highest BCUT2D eigenvalue weighted by molar-refractivity contribution is 6.30. The number of hydrogen-bond donors (Lipinski definition) is 0. The zero-order valence-corrected chi connectivity index (χ0v) is 18.0. The summed E-state index contributed by atoms with van der Waals surface area (Å²) >= 11 is 6.09. The molecule has 5 rings (SSSR count). The molecule has 0 bridgehead atoms. The van der Waals surface area contributed by atoms with Gasteiger partial charge in [0.15, 0.2) is 0 Å². The second-order valence-corrected chi connectivity index (χ2v) is 8.34. The van der Waals surface area contributed by atoms with Crippen molar-refractivity contribution in [2.24, 2.45) is 4.99 Å². The lowest BCUT2D eigenvalue weighted by Gasteiger charge is -2.29. The standard InChI is InChI=1S/C25H22ClN3O2/c1-31-23-6-5-17(13-27-23)25-22-11-20-15-29(8-7-16-3-2-4-21(26)9-16)24(30)12-18(20)10-19(22)14-28-25/h2-6,9-11,13H,7-8,12,14-15H2,1H3. The van der Waals surface area contributed by atoms with E-state index >= 15 is 0 Å². The summed E-state index contributed by atoms with van der Waals surface area (Å²) < 4.78 is 5.16. The van der Waals surface area contributed by atoms with Crippen molar-refractivity contribution in [3.8, 4) is 5.88 Å². The van der Waals surface area contributed by atoms with Crippen molar-refractivity contribution < 1.29 is 9.53 Å². The van der Waals surface area contributed by atoms with Gasteiger partial charge in [0.1, 0.15) is 0 Å². The maximum absolute atomic E-state index is 12.7. The molecule has 0 saturated heterocycles. The van der Waals surface area contributed by atoms with Gasteiger partial charge in [-0.3, -0.25) is 9.79 Å². The van der Waals surface area contributed by atoms with Gasteiger partial charge in [0, 0.05) is 41.5 Å². The molecular formula is C25H22ClN3O2. The molecule has 0 N–H and O–H groups in total. The first-order valence-corrected chi connectivity index (χ1v) is 10.7. The van der Waals surface area contributed by atoms with Crippen molar-refractivity contribution in [1.29, 1.82) is 0 Å². The summed E-state index contributed by atoms with van der Waals surface area (Å²) in [6.45, 7) is 1.94. The Kier molecular flexibility index (Phi) is 5.20. The Morgan fingerprint density at radius 2 is 2.00 bits per heavy atom. The summed E-state index contributed by atoms with van der Waals surface area (Å²) in [5, 5.41) is 0.725. The van der Waals surface area contributed by atoms with Gasteiger partial charge in [0.05, 0.1) is 25.8 Å². The number of aliphatic imine (C=N–C) groups is 1. The molecular weight excluding hydrogens is 410 g/mol. The predicted molar refractivity (Wildman–Crippen MR) is 121 cm³/mol. The number of ether oxygens (including phenoxy) is 1. The van der Waals surface area contributed by atoms with E-state index < -0.39 is 0 Å². The molecule has 0 saturated carbocycles. The molecule has 3 aromatic rings. The molecule has 0 unspecified atom stereocenters. The van der Waals surface area contributed by atoms with Crippen LogP contribution in [0.5, 0.6) is 5.88 Å². The van der Waals surface area contributed by atoms with Crippen molar-refractivity contribution in [3.63, 3.8) is 0 Å². The van der Waals surface area contributed by atoms with Crippen molar-refractivity contribution >= 4 is 23.2 Å². The molecule has 0 atom stereocenters. The van der Waals surface area contributed by atoms with E-state index in [2.05, 4.69) is 17.1 Å². The molecule has 2 aromatic carbocycles. The minimum absolute atomic E-state index is 0.174. The van der Waals surface area contributed by atoms with E-state index in [-0.39, 0.29) is 5.91 Å². The van der Waals surface area contributed by atoms with Crippen LogP contribution in [0.1, 0.15) is 33.4 Å². The number of benzene rings is 2. The van der Waals surface area contributed by atoms with Crippen LogP contribution in [0.25, 0.3) is 0 Å². The number of fused-ring (bicyclic) bond motifs is 2. The normalized spacial score (nSPS) is 14.8. The zero-order chi connectivity index (χ0) is 21.4. The minimum Gasteiger partial charge on any atom is -0.481 e. The van der Waals surface area contributed by atoms with E-state index in [1.807, 2.05) is 41.3 Å². The Bertz CT molecular complexity index is 1190. The van der Waals surface area contributed by atoms with Gasteiger partial charge in [-0.05, 0) is 52.9 Å². The molecule has 1 aromatic heterocycles. The lowest BCUT2D eigenvalue weighted by Crippen LogP contribution is -2.37. The zero-order valence-electron chi connectivity index (χ0n) is 17.3. The average molecular weight is 432 g/mol. The molecule has 2 aliphatic rings. The molecule has 31 heavy (non-hydrogen) atoms. The molecule has 0 spiro atoms. The summed E-state index contributed by atoms with van der Waals surface area (Å²) in [6.07, 6.45) is 3.03.